The van der Waals surface area contributed by atoms with Crippen LogP contribution in [0.15, 0.2) is 62.6 Å². The lowest BCUT2D eigenvalue weighted by molar-refractivity contribution is 0.0905. The zero-order valence-electron chi connectivity index (χ0n) is 18.7. The molecule has 0 bridgehead atoms. The highest BCUT2D eigenvalue weighted by Gasteiger charge is 2.55. The van der Waals surface area contributed by atoms with Crippen molar-refractivity contribution >= 4 is 34.9 Å². The van der Waals surface area contributed by atoms with Crippen molar-refractivity contribution in [2.24, 2.45) is 5.92 Å². The van der Waals surface area contributed by atoms with Gasteiger partial charge in [-0.05, 0) is 56.2 Å². The lowest BCUT2D eigenvalue weighted by Crippen LogP contribution is -2.48. The van der Waals surface area contributed by atoms with Crippen molar-refractivity contribution in [1.29, 1.82) is 0 Å². The summed E-state index contributed by atoms with van der Waals surface area (Å²) in [5.41, 5.74) is -0.854. The second-order valence-electron chi connectivity index (χ2n) is 8.95. The maximum Gasteiger partial charge on any atom is 0.447 e. The van der Waals surface area contributed by atoms with E-state index in [1.807, 2.05) is 27.7 Å². The van der Waals surface area contributed by atoms with E-state index in [0.717, 1.165) is 9.31 Å². The van der Waals surface area contributed by atoms with Crippen molar-refractivity contribution in [1.82, 2.24) is 14.2 Å². The van der Waals surface area contributed by atoms with Gasteiger partial charge in [0.1, 0.15) is 0 Å². The second kappa shape index (κ2) is 8.43. The monoisotopic (exact) mass is 490 g/mol. The van der Waals surface area contributed by atoms with Gasteiger partial charge in [-0.25, -0.2) is 14.4 Å². The van der Waals surface area contributed by atoms with Crippen LogP contribution in [0.25, 0.3) is 5.69 Å². The van der Waals surface area contributed by atoms with Crippen molar-refractivity contribution < 1.29 is 9.32 Å². The number of nitrogens with zero attached hydrogens (tertiary/aromatic N) is 4. The van der Waals surface area contributed by atoms with E-state index in [9.17, 15) is 14.4 Å². The van der Waals surface area contributed by atoms with Crippen molar-refractivity contribution in [2.45, 2.75) is 39.4 Å². The van der Waals surface area contributed by atoms with Crippen LogP contribution in [0.2, 0.25) is 10.0 Å². The number of aromatic nitrogens is 2. The minimum Gasteiger partial charge on any atom is -0.315 e. The van der Waals surface area contributed by atoms with Crippen LogP contribution >= 0.6 is 23.2 Å². The van der Waals surface area contributed by atoms with E-state index in [1.165, 1.54) is 11.0 Å². The van der Waals surface area contributed by atoms with Crippen LogP contribution in [0.1, 0.15) is 33.9 Å². The van der Waals surface area contributed by atoms with Gasteiger partial charge in [-0.15, -0.1) is 4.74 Å². The zero-order chi connectivity index (χ0) is 24.1. The first-order chi connectivity index (χ1) is 15.5. The lowest BCUT2D eigenvalue weighted by atomic mass is 9.99. The van der Waals surface area contributed by atoms with Gasteiger partial charge in [0.05, 0.1) is 11.2 Å². The molecule has 1 aliphatic heterocycles. The number of hydrogen-bond acceptors (Lipinski definition) is 4. The SMILES string of the molecule is CC(C)CN1C(=O)N(c2cccc(Cl)c2)[C@@H](n2oc(=O)n(-c3cccc(Cl)c3)c2=O)C1(C)C. The number of halogens is 2. The van der Waals surface area contributed by atoms with Gasteiger partial charge in [-0.1, -0.05) is 49.2 Å². The van der Waals surface area contributed by atoms with Gasteiger partial charge in [0.25, 0.3) is 0 Å². The first kappa shape index (κ1) is 23.2. The first-order valence-electron chi connectivity index (χ1n) is 10.5. The molecule has 1 fully saturated rings. The average Bonchev–Trinajstić information content (AvgIpc) is 3.12. The van der Waals surface area contributed by atoms with Crippen molar-refractivity contribution in [3.8, 4) is 5.69 Å². The highest BCUT2D eigenvalue weighted by Crippen LogP contribution is 2.43. The zero-order valence-corrected chi connectivity index (χ0v) is 20.2. The largest absolute Gasteiger partial charge is 0.447 e. The summed E-state index contributed by atoms with van der Waals surface area (Å²) < 4.78 is 7.32. The molecule has 0 spiro atoms. The molecule has 1 aromatic heterocycles. The van der Waals surface area contributed by atoms with Crippen molar-refractivity contribution in [3.63, 3.8) is 0 Å². The maximum atomic E-state index is 13.6. The Balaban J connectivity index is 1.93. The van der Waals surface area contributed by atoms with Crippen LogP contribution in [0.4, 0.5) is 10.5 Å². The minimum atomic E-state index is -0.942. The summed E-state index contributed by atoms with van der Waals surface area (Å²) in [6, 6.07) is 12.8. The molecule has 0 aliphatic carbocycles. The number of amides is 2. The second-order valence-corrected chi connectivity index (χ2v) is 9.82. The van der Waals surface area contributed by atoms with Crippen LogP contribution in [0.5, 0.6) is 0 Å². The number of anilines is 1. The first-order valence-corrected chi connectivity index (χ1v) is 11.2. The van der Waals surface area contributed by atoms with Crippen molar-refractivity contribution in [3.05, 3.63) is 79.6 Å². The van der Waals surface area contributed by atoms with Crippen LogP contribution in [-0.2, 0) is 0 Å². The molecular formula is C23H24Cl2N4O4. The number of urea groups is 1. The van der Waals surface area contributed by atoms with E-state index in [4.69, 9.17) is 27.7 Å². The van der Waals surface area contributed by atoms with Gasteiger partial charge in [-0.2, -0.15) is 4.57 Å². The Kier molecular flexibility index (Phi) is 5.92. The molecule has 0 saturated carbocycles. The molecular weight excluding hydrogens is 467 g/mol. The Bertz CT molecular complexity index is 1320. The Morgan fingerprint density at radius 1 is 0.970 bits per heavy atom. The van der Waals surface area contributed by atoms with Gasteiger partial charge in [0.15, 0.2) is 6.17 Å². The lowest BCUT2D eigenvalue weighted by Gasteiger charge is -2.34. The van der Waals surface area contributed by atoms with Crippen LogP contribution in [0.3, 0.4) is 0 Å². The molecule has 1 atom stereocenters. The van der Waals surface area contributed by atoms with E-state index in [-0.39, 0.29) is 17.6 Å². The van der Waals surface area contributed by atoms with E-state index in [1.54, 1.807) is 47.4 Å². The third kappa shape index (κ3) is 3.98. The number of rotatable bonds is 5. The Morgan fingerprint density at radius 2 is 1.55 bits per heavy atom. The molecule has 3 aromatic rings. The predicted octanol–water partition coefficient (Wildman–Crippen LogP) is 4.77. The minimum absolute atomic E-state index is 0.174. The summed E-state index contributed by atoms with van der Waals surface area (Å²) in [7, 11) is 0. The Labute approximate surface area is 200 Å². The summed E-state index contributed by atoms with van der Waals surface area (Å²) >= 11 is 12.3. The molecule has 8 nitrogen and oxygen atoms in total. The molecule has 174 valence electrons. The maximum absolute atomic E-state index is 13.6. The van der Waals surface area contributed by atoms with Crippen LogP contribution in [-0.4, -0.2) is 32.3 Å². The smallest absolute Gasteiger partial charge is 0.315 e. The quantitative estimate of drug-likeness (QED) is 0.515. The summed E-state index contributed by atoms with van der Waals surface area (Å²) in [6.07, 6.45) is -0.942. The fourth-order valence-electron chi connectivity index (χ4n) is 4.21. The normalized spacial score (nSPS) is 17.9. The fourth-order valence-corrected chi connectivity index (χ4v) is 4.58. The molecule has 0 radical (unpaired) electrons. The Hall–Kier alpha value is -2.97. The molecule has 0 N–H and O–H groups in total. The summed E-state index contributed by atoms with van der Waals surface area (Å²) in [6.45, 7) is 8.13. The third-order valence-corrected chi connectivity index (χ3v) is 6.14. The molecule has 0 unspecified atom stereocenters. The van der Waals surface area contributed by atoms with E-state index >= 15 is 0 Å². The summed E-state index contributed by atoms with van der Waals surface area (Å²) in [4.78, 5) is 43.0. The van der Waals surface area contributed by atoms with Gasteiger partial charge in [-0.3, -0.25) is 4.90 Å². The van der Waals surface area contributed by atoms with Crippen LogP contribution < -0.4 is 16.3 Å². The van der Waals surface area contributed by atoms with Gasteiger partial charge in [0.2, 0.25) is 0 Å². The van der Waals surface area contributed by atoms with Crippen molar-refractivity contribution in [2.75, 3.05) is 11.4 Å². The van der Waals surface area contributed by atoms with Gasteiger partial charge >= 0.3 is 17.5 Å². The van der Waals surface area contributed by atoms with E-state index in [0.29, 0.717) is 22.3 Å². The molecule has 4 rings (SSSR count). The number of carbonyl (C=O) groups is 1. The van der Waals surface area contributed by atoms with E-state index in [2.05, 4.69) is 0 Å². The number of hydrogen-bond donors (Lipinski definition) is 0. The standard InChI is InChI=1S/C23H24Cl2N4O4/c1-14(2)13-26-20(30)27(17-9-5-7-15(24)11-17)19(23(26,3)4)29-21(31)28(22(32)33-29)18-10-6-8-16(25)12-18/h5-12,14,19H,13H2,1-4H3/t19-/m0/s1. The molecule has 2 amide bonds. The van der Waals surface area contributed by atoms with E-state index < -0.39 is 23.2 Å². The summed E-state index contributed by atoms with van der Waals surface area (Å²) in [5.74, 6) is -0.702. The third-order valence-electron chi connectivity index (χ3n) is 5.67. The highest BCUT2D eigenvalue weighted by molar-refractivity contribution is 6.31. The van der Waals surface area contributed by atoms with Gasteiger partial charge < -0.3 is 9.42 Å². The topological polar surface area (TPSA) is 80.7 Å². The molecule has 10 heteroatoms. The number of carbonyl (C=O) groups excluding carboxylic acids is 1. The molecule has 1 saturated heterocycles. The molecule has 33 heavy (non-hydrogen) atoms. The average molecular weight is 491 g/mol. The fraction of sp³-hybridized carbons (Fsp3) is 0.348. The van der Waals surface area contributed by atoms with Gasteiger partial charge in [0, 0.05) is 22.3 Å². The molecule has 2 aromatic carbocycles. The predicted molar refractivity (Wildman–Crippen MR) is 128 cm³/mol. The highest BCUT2D eigenvalue weighted by atomic mass is 35.5. The molecule has 1 aliphatic rings. The molecule has 2 heterocycles. The summed E-state index contributed by atoms with van der Waals surface area (Å²) in [5, 5.41) is 0.802. The van der Waals surface area contributed by atoms with Crippen LogP contribution in [0, 0.1) is 5.92 Å². The number of benzene rings is 2. The Morgan fingerprint density at radius 3 is 2.12 bits per heavy atom.